The van der Waals surface area contributed by atoms with Crippen LogP contribution in [-0.2, 0) is 0 Å². The highest BCUT2D eigenvalue weighted by Gasteiger charge is 2.20. The summed E-state index contributed by atoms with van der Waals surface area (Å²) in [4.78, 5) is 2.17. The fourth-order valence-electron chi connectivity index (χ4n) is 2.12. The Kier molecular flexibility index (Phi) is 3.46. The quantitative estimate of drug-likeness (QED) is 0.816. The number of β-amino-alcohol motifs (C(OH)–C–C–N with tert-alkyl or cyclic N) is 1. The molecule has 2 atom stereocenters. The number of anilines is 1. The van der Waals surface area contributed by atoms with Gasteiger partial charge in [-0.2, -0.15) is 0 Å². The monoisotopic (exact) mass is 221 g/mol. The van der Waals surface area contributed by atoms with Gasteiger partial charge in [-0.3, -0.25) is 0 Å². The van der Waals surface area contributed by atoms with Gasteiger partial charge in [-0.05, 0) is 30.5 Å². The molecule has 0 aliphatic carbocycles. The summed E-state index contributed by atoms with van der Waals surface area (Å²) in [5, 5.41) is 19.1. The van der Waals surface area contributed by atoms with Gasteiger partial charge in [-0.1, -0.05) is 19.1 Å². The van der Waals surface area contributed by atoms with Crippen LogP contribution in [0.5, 0.6) is 0 Å². The van der Waals surface area contributed by atoms with Gasteiger partial charge in [0, 0.05) is 18.8 Å². The number of benzene rings is 1. The van der Waals surface area contributed by atoms with Gasteiger partial charge in [0.15, 0.2) is 0 Å². The van der Waals surface area contributed by atoms with Crippen LogP contribution in [0.4, 0.5) is 5.69 Å². The topological polar surface area (TPSA) is 43.7 Å². The van der Waals surface area contributed by atoms with E-state index in [0.717, 1.165) is 37.2 Å². The molecule has 3 nitrogen and oxygen atoms in total. The fourth-order valence-corrected chi connectivity index (χ4v) is 2.12. The molecule has 0 aromatic heterocycles. The predicted octanol–water partition coefficient (Wildman–Crippen LogP) is 1.70. The van der Waals surface area contributed by atoms with E-state index in [1.165, 1.54) is 0 Å². The van der Waals surface area contributed by atoms with Crippen LogP contribution >= 0.6 is 0 Å². The molecular formula is C13H19NO2. The van der Waals surface area contributed by atoms with Gasteiger partial charge in [0.2, 0.25) is 0 Å². The lowest BCUT2D eigenvalue weighted by Crippen LogP contribution is -2.20. The van der Waals surface area contributed by atoms with E-state index in [9.17, 15) is 10.2 Å². The van der Waals surface area contributed by atoms with E-state index in [1.807, 2.05) is 31.2 Å². The normalized spacial score (nSPS) is 22.4. The second kappa shape index (κ2) is 4.85. The van der Waals surface area contributed by atoms with Crippen LogP contribution in [0.15, 0.2) is 24.3 Å². The highest BCUT2D eigenvalue weighted by atomic mass is 16.3. The lowest BCUT2D eigenvalue weighted by atomic mass is 10.1. The Hall–Kier alpha value is -1.06. The Morgan fingerprint density at radius 1 is 1.38 bits per heavy atom. The minimum Gasteiger partial charge on any atom is -0.391 e. The molecule has 88 valence electrons. The third kappa shape index (κ3) is 2.36. The van der Waals surface area contributed by atoms with Crippen molar-refractivity contribution >= 4 is 5.69 Å². The number of rotatable bonds is 3. The summed E-state index contributed by atoms with van der Waals surface area (Å²) in [5.41, 5.74) is 2.09. The first-order chi connectivity index (χ1) is 7.70. The molecule has 0 amide bonds. The summed E-state index contributed by atoms with van der Waals surface area (Å²) in [6, 6.07) is 7.97. The largest absolute Gasteiger partial charge is 0.391 e. The molecule has 0 saturated carbocycles. The highest BCUT2D eigenvalue weighted by Crippen LogP contribution is 2.23. The molecule has 1 aliphatic rings. The summed E-state index contributed by atoms with van der Waals surface area (Å²) >= 11 is 0. The van der Waals surface area contributed by atoms with E-state index < -0.39 is 0 Å². The van der Waals surface area contributed by atoms with E-state index in [4.69, 9.17) is 0 Å². The second-order valence-electron chi connectivity index (χ2n) is 4.40. The molecular weight excluding hydrogens is 202 g/mol. The Balaban J connectivity index is 2.07. The Morgan fingerprint density at radius 2 is 2.06 bits per heavy atom. The zero-order valence-corrected chi connectivity index (χ0v) is 9.63. The number of hydrogen-bond donors (Lipinski definition) is 2. The molecule has 1 aliphatic heterocycles. The van der Waals surface area contributed by atoms with Crippen LogP contribution in [0.2, 0.25) is 0 Å². The first kappa shape index (κ1) is 11.4. The molecule has 2 N–H and O–H groups in total. The van der Waals surface area contributed by atoms with Crippen LogP contribution in [0.1, 0.15) is 31.4 Å². The van der Waals surface area contributed by atoms with Crippen LogP contribution in [0, 0.1) is 0 Å². The molecule has 1 aromatic rings. The van der Waals surface area contributed by atoms with Crippen LogP contribution in [-0.4, -0.2) is 29.4 Å². The minimum absolute atomic E-state index is 0.194. The van der Waals surface area contributed by atoms with Gasteiger partial charge in [0.25, 0.3) is 0 Å². The Labute approximate surface area is 96.3 Å². The molecule has 3 heteroatoms. The average molecular weight is 221 g/mol. The van der Waals surface area contributed by atoms with Crippen molar-refractivity contribution in [2.24, 2.45) is 0 Å². The van der Waals surface area contributed by atoms with E-state index >= 15 is 0 Å². The molecule has 1 saturated heterocycles. The van der Waals surface area contributed by atoms with Crippen LogP contribution < -0.4 is 4.90 Å². The molecule has 0 radical (unpaired) electrons. The van der Waals surface area contributed by atoms with Crippen molar-refractivity contribution in [1.82, 2.24) is 0 Å². The van der Waals surface area contributed by atoms with Crippen LogP contribution in [0.25, 0.3) is 0 Å². The zero-order chi connectivity index (χ0) is 11.5. The molecule has 0 spiro atoms. The maximum atomic E-state index is 9.67. The summed E-state index contributed by atoms with van der Waals surface area (Å²) in [6.07, 6.45) is 1.03. The van der Waals surface area contributed by atoms with E-state index in [-0.39, 0.29) is 12.2 Å². The number of aliphatic hydroxyl groups excluding tert-OH is 2. The van der Waals surface area contributed by atoms with E-state index in [0.29, 0.717) is 0 Å². The summed E-state index contributed by atoms with van der Waals surface area (Å²) in [5.74, 6) is 0. The standard InChI is InChI=1S/C13H19NO2/c1-2-13(16)10-3-5-11(6-4-10)14-8-7-12(15)9-14/h3-6,12-13,15-16H,2,7-9H2,1H3/t12?,13-/m1/s1. The van der Waals surface area contributed by atoms with Crippen molar-refractivity contribution < 1.29 is 10.2 Å². The summed E-state index contributed by atoms with van der Waals surface area (Å²) < 4.78 is 0. The second-order valence-corrected chi connectivity index (χ2v) is 4.40. The SMILES string of the molecule is CC[C@@H](O)c1ccc(N2CCC(O)C2)cc1. The van der Waals surface area contributed by atoms with Crippen molar-refractivity contribution in [1.29, 1.82) is 0 Å². The summed E-state index contributed by atoms with van der Waals surface area (Å²) in [6.45, 7) is 3.60. The van der Waals surface area contributed by atoms with Gasteiger partial charge in [-0.25, -0.2) is 0 Å². The Bertz CT molecular complexity index is 336. The van der Waals surface area contributed by atoms with Crippen LogP contribution in [0.3, 0.4) is 0 Å². The fraction of sp³-hybridized carbons (Fsp3) is 0.538. The molecule has 2 rings (SSSR count). The van der Waals surface area contributed by atoms with Gasteiger partial charge in [0.05, 0.1) is 12.2 Å². The van der Waals surface area contributed by atoms with Gasteiger partial charge < -0.3 is 15.1 Å². The number of nitrogens with zero attached hydrogens (tertiary/aromatic N) is 1. The minimum atomic E-state index is -0.363. The number of aliphatic hydroxyl groups is 2. The number of hydrogen-bond acceptors (Lipinski definition) is 3. The smallest absolute Gasteiger partial charge is 0.0787 e. The lowest BCUT2D eigenvalue weighted by molar-refractivity contribution is 0.173. The van der Waals surface area contributed by atoms with E-state index in [1.54, 1.807) is 0 Å². The molecule has 1 fully saturated rings. The summed E-state index contributed by atoms with van der Waals surface area (Å²) in [7, 11) is 0. The first-order valence-corrected chi connectivity index (χ1v) is 5.91. The van der Waals surface area contributed by atoms with Crippen molar-refractivity contribution in [3.8, 4) is 0 Å². The third-order valence-corrected chi connectivity index (χ3v) is 3.19. The first-order valence-electron chi connectivity index (χ1n) is 5.91. The molecule has 1 aromatic carbocycles. The van der Waals surface area contributed by atoms with Crippen molar-refractivity contribution in [3.05, 3.63) is 29.8 Å². The van der Waals surface area contributed by atoms with E-state index in [2.05, 4.69) is 4.90 Å². The lowest BCUT2D eigenvalue weighted by Gasteiger charge is -2.18. The van der Waals surface area contributed by atoms with Crippen molar-refractivity contribution in [2.45, 2.75) is 32.0 Å². The zero-order valence-electron chi connectivity index (χ0n) is 9.63. The molecule has 1 heterocycles. The molecule has 0 bridgehead atoms. The van der Waals surface area contributed by atoms with Crippen molar-refractivity contribution in [2.75, 3.05) is 18.0 Å². The van der Waals surface area contributed by atoms with Crippen molar-refractivity contribution in [3.63, 3.8) is 0 Å². The third-order valence-electron chi connectivity index (χ3n) is 3.19. The van der Waals surface area contributed by atoms with Gasteiger partial charge in [-0.15, -0.1) is 0 Å². The van der Waals surface area contributed by atoms with Gasteiger partial charge in [0.1, 0.15) is 0 Å². The highest BCUT2D eigenvalue weighted by molar-refractivity contribution is 5.48. The maximum absolute atomic E-state index is 9.67. The Morgan fingerprint density at radius 3 is 2.56 bits per heavy atom. The maximum Gasteiger partial charge on any atom is 0.0787 e. The average Bonchev–Trinajstić information content (AvgIpc) is 2.75. The molecule has 1 unspecified atom stereocenters. The van der Waals surface area contributed by atoms with Gasteiger partial charge >= 0.3 is 0 Å². The predicted molar refractivity (Wildman–Crippen MR) is 64.5 cm³/mol. The molecule has 16 heavy (non-hydrogen) atoms.